The van der Waals surface area contributed by atoms with Crippen LogP contribution in [0.4, 0.5) is 0 Å². The second kappa shape index (κ2) is 8.15. The molecule has 0 saturated carbocycles. The first-order valence-corrected chi connectivity index (χ1v) is 10.1. The molecule has 0 fully saturated rings. The lowest BCUT2D eigenvalue weighted by Gasteiger charge is -2.10. The number of hydrogen-bond acceptors (Lipinski definition) is 2. The summed E-state index contributed by atoms with van der Waals surface area (Å²) in [6.45, 7) is 0.240. The summed E-state index contributed by atoms with van der Waals surface area (Å²) >= 11 is 18.1. The molecule has 0 aliphatic rings. The zero-order valence-electron chi connectivity index (χ0n) is 15.4. The molecule has 0 spiro atoms. The normalized spacial score (nSPS) is 11.0. The predicted molar refractivity (Wildman–Crippen MR) is 119 cm³/mol. The van der Waals surface area contributed by atoms with Crippen LogP contribution in [0.25, 0.3) is 10.9 Å². The van der Waals surface area contributed by atoms with Crippen molar-refractivity contribution in [3.63, 3.8) is 0 Å². The van der Waals surface area contributed by atoms with Gasteiger partial charge in [-0.05, 0) is 54.1 Å². The fourth-order valence-electron chi connectivity index (χ4n) is 3.46. The number of carboxylic acid groups (broad SMARTS) is 1. The monoisotopic (exact) mass is 457 g/mol. The maximum absolute atomic E-state index is 13.3. The van der Waals surface area contributed by atoms with Gasteiger partial charge in [0.2, 0.25) is 0 Å². The molecule has 3 aromatic carbocycles. The Hall–Kier alpha value is -2.79. The Morgan fingerprint density at radius 3 is 1.97 bits per heavy atom. The van der Waals surface area contributed by atoms with E-state index < -0.39 is 11.8 Å². The second-order valence-electron chi connectivity index (χ2n) is 6.74. The van der Waals surface area contributed by atoms with Gasteiger partial charge in [0.15, 0.2) is 5.78 Å². The lowest BCUT2D eigenvalue weighted by molar-refractivity contribution is 0.0682. The molecule has 0 unspecified atom stereocenters. The molecular weight excluding hydrogens is 445 g/mol. The number of benzene rings is 3. The lowest BCUT2D eigenvalue weighted by atomic mass is 10.00. The predicted octanol–water partition coefficient (Wildman–Crippen LogP) is 6.58. The summed E-state index contributed by atoms with van der Waals surface area (Å²) in [6, 6.07) is 18.4. The van der Waals surface area contributed by atoms with Crippen molar-refractivity contribution in [2.24, 2.45) is 0 Å². The zero-order chi connectivity index (χ0) is 21.4. The van der Waals surface area contributed by atoms with Gasteiger partial charge in [0.05, 0.1) is 11.1 Å². The number of carboxylic acids is 1. The van der Waals surface area contributed by atoms with Crippen LogP contribution in [0.2, 0.25) is 15.1 Å². The third-order valence-electron chi connectivity index (χ3n) is 4.82. The van der Waals surface area contributed by atoms with Gasteiger partial charge in [0.25, 0.3) is 0 Å². The SMILES string of the molecule is O=C(c1ccc(Cl)cc1)c1c(C(=O)O)n(Cc2ccc(Cl)cc2)c2cc(Cl)ccc12. The number of aromatic nitrogens is 1. The first-order chi connectivity index (χ1) is 14.3. The van der Waals surface area contributed by atoms with Gasteiger partial charge in [-0.15, -0.1) is 0 Å². The lowest BCUT2D eigenvalue weighted by Crippen LogP contribution is -2.14. The standard InChI is InChI=1S/C23H14Cl3NO3/c24-15-5-1-13(2-6-15)12-27-19-11-17(26)9-10-18(19)20(21(27)23(29)30)22(28)14-3-7-16(25)8-4-14/h1-11H,12H2,(H,29,30). The summed E-state index contributed by atoms with van der Waals surface area (Å²) in [7, 11) is 0. The quantitative estimate of drug-likeness (QED) is 0.344. The van der Waals surface area contributed by atoms with E-state index >= 15 is 0 Å². The molecule has 4 aromatic rings. The van der Waals surface area contributed by atoms with Gasteiger partial charge in [0.1, 0.15) is 5.69 Å². The van der Waals surface area contributed by atoms with Crippen molar-refractivity contribution in [2.75, 3.05) is 0 Å². The average molecular weight is 459 g/mol. The molecule has 1 aromatic heterocycles. The fraction of sp³-hybridized carbons (Fsp3) is 0.0435. The van der Waals surface area contributed by atoms with Gasteiger partial charge >= 0.3 is 5.97 Å². The first-order valence-electron chi connectivity index (χ1n) is 8.95. The van der Waals surface area contributed by atoms with E-state index in [1.165, 1.54) is 0 Å². The highest BCUT2D eigenvalue weighted by molar-refractivity contribution is 6.32. The molecule has 4 rings (SSSR count). The van der Waals surface area contributed by atoms with Gasteiger partial charge < -0.3 is 9.67 Å². The number of fused-ring (bicyclic) bond motifs is 1. The van der Waals surface area contributed by atoms with Crippen LogP contribution in [0.3, 0.4) is 0 Å². The molecule has 0 atom stereocenters. The van der Waals surface area contributed by atoms with E-state index in [2.05, 4.69) is 0 Å². The van der Waals surface area contributed by atoms with E-state index in [4.69, 9.17) is 34.8 Å². The van der Waals surface area contributed by atoms with Crippen molar-refractivity contribution in [3.8, 4) is 0 Å². The Labute approximate surface area is 187 Å². The summed E-state index contributed by atoms with van der Waals surface area (Å²) in [5, 5.41) is 12.1. The van der Waals surface area contributed by atoms with E-state index in [1.54, 1.807) is 59.2 Å². The Morgan fingerprint density at radius 1 is 0.800 bits per heavy atom. The molecule has 0 aliphatic heterocycles. The third-order valence-corrected chi connectivity index (χ3v) is 5.56. The highest BCUT2D eigenvalue weighted by atomic mass is 35.5. The van der Waals surface area contributed by atoms with Crippen molar-refractivity contribution in [1.82, 2.24) is 4.57 Å². The van der Waals surface area contributed by atoms with Crippen molar-refractivity contribution < 1.29 is 14.7 Å². The smallest absolute Gasteiger partial charge is 0.353 e. The summed E-state index contributed by atoms with van der Waals surface area (Å²) in [4.78, 5) is 25.6. The Morgan fingerprint density at radius 2 is 1.37 bits per heavy atom. The van der Waals surface area contributed by atoms with Gasteiger partial charge in [0, 0.05) is 32.6 Å². The molecule has 1 N–H and O–H groups in total. The van der Waals surface area contributed by atoms with Crippen LogP contribution in [0, 0.1) is 0 Å². The molecule has 0 aliphatic carbocycles. The Bertz CT molecular complexity index is 1280. The van der Waals surface area contributed by atoms with E-state index in [-0.39, 0.29) is 17.8 Å². The topological polar surface area (TPSA) is 59.3 Å². The maximum Gasteiger partial charge on any atom is 0.353 e. The molecule has 30 heavy (non-hydrogen) atoms. The van der Waals surface area contributed by atoms with Crippen LogP contribution in [0.5, 0.6) is 0 Å². The second-order valence-corrected chi connectivity index (χ2v) is 8.05. The van der Waals surface area contributed by atoms with E-state index in [1.807, 2.05) is 12.1 Å². The third kappa shape index (κ3) is 3.82. The molecule has 1 heterocycles. The van der Waals surface area contributed by atoms with Crippen molar-refractivity contribution in [1.29, 1.82) is 0 Å². The van der Waals surface area contributed by atoms with Crippen LogP contribution in [0.1, 0.15) is 32.0 Å². The van der Waals surface area contributed by atoms with Crippen molar-refractivity contribution in [3.05, 3.63) is 104 Å². The Balaban J connectivity index is 1.96. The van der Waals surface area contributed by atoms with Crippen LogP contribution in [-0.4, -0.2) is 21.4 Å². The number of halogens is 3. The number of carbonyl (C=O) groups excluding carboxylic acids is 1. The van der Waals surface area contributed by atoms with E-state index in [9.17, 15) is 14.7 Å². The molecule has 0 bridgehead atoms. The number of nitrogens with zero attached hydrogens (tertiary/aromatic N) is 1. The average Bonchev–Trinajstić information content (AvgIpc) is 3.03. The highest BCUT2D eigenvalue weighted by Crippen LogP contribution is 2.32. The van der Waals surface area contributed by atoms with Gasteiger partial charge in [-0.1, -0.05) is 53.0 Å². The van der Waals surface area contributed by atoms with E-state index in [0.29, 0.717) is 31.5 Å². The largest absolute Gasteiger partial charge is 0.477 e. The minimum absolute atomic E-state index is 0.0952. The first kappa shape index (κ1) is 20.5. The molecule has 4 nitrogen and oxygen atoms in total. The number of ketones is 1. The molecule has 0 radical (unpaired) electrons. The van der Waals surface area contributed by atoms with Gasteiger partial charge in [-0.2, -0.15) is 0 Å². The van der Waals surface area contributed by atoms with Crippen LogP contribution >= 0.6 is 34.8 Å². The van der Waals surface area contributed by atoms with Crippen LogP contribution in [0.15, 0.2) is 66.7 Å². The molecule has 0 amide bonds. The van der Waals surface area contributed by atoms with E-state index in [0.717, 1.165) is 5.56 Å². The number of carbonyl (C=O) groups is 2. The molecular formula is C23H14Cl3NO3. The Kier molecular flexibility index (Phi) is 5.56. The fourth-order valence-corrected chi connectivity index (χ4v) is 3.88. The van der Waals surface area contributed by atoms with Crippen molar-refractivity contribution in [2.45, 2.75) is 6.54 Å². The van der Waals surface area contributed by atoms with Crippen LogP contribution < -0.4 is 0 Å². The van der Waals surface area contributed by atoms with Crippen molar-refractivity contribution >= 4 is 57.5 Å². The summed E-state index contributed by atoms with van der Waals surface area (Å²) in [6.07, 6.45) is 0. The minimum Gasteiger partial charge on any atom is -0.477 e. The number of rotatable bonds is 5. The summed E-state index contributed by atoms with van der Waals surface area (Å²) < 4.78 is 1.59. The van der Waals surface area contributed by atoms with Crippen LogP contribution in [-0.2, 0) is 6.54 Å². The number of hydrogen-bond donors (Lipinski definition) is 1. The molecule has 7 heteroatoms. The molecule has 0 saturated heterocycles. The zero-order valence-corrected chi connectivity index (χ0v) is 17.7. The highest BCUT2D eigenvalue weighted by Gasteiger charge is 2.28. The molecule has 150 valence electrons. The maximum atomic E-state index is 13.3. The summed E-state index contributed by atoms with van der Waals surface area (Å²) in [5.41, 5.74) is 1.77. The summed E-state index contributed by atoms with van der Waals surface area (Å²) in [5.74, 6) is -1.60. The van der Waals surface area contributed by atoms with Gasteiger partial charge in [-0.25, -0.2) is 4.79 Å². The minimum atomic E-state index is -1.20. The van der Waals surface area contributed by atoms with Gasteiger partial charge in [-0.3, -0.25) is 4.79 Å². The number of aromatic carboxylic acids is 1.